The van der Waals surface area contributed by atoms with Crippen LogP contribution < -0.4 is 5.32 Å². The number of aryl methyl sites for hydroxylation is 1. The summed E-state index contributed by atoms with van der Waals surface area (Å²) in [6, 6.07) is 6.59. The molecule has 29 heavy (non-hydrogen) atoms. The Morgan fingerprint density at radius 3 is 1.93 bits per heavy atom. The average Bonchev–Trinajstić information content (AvgIpc) is 2.61. The maximum Gasteiger partial charge on any atom is 0.409 e. The smallest absolute Gasteiger partial charge is 0.409 e. The lowest BCUT2D eigenvalue weighted by Gasteiger charge is -2.31. The number of nitrogens with one attached hydrogen (secondary N) is 1. The summed E-state index contributed by atoms with van der Waals surface area (Å²) in [5.74, 6) is -1.64. The molecule has 1 rings (SSSR count). The Morgan fingerprint density at radius 2 is 1.48 bits per heavy atom. The predicted octanol–water partition coefficient (Wildman–Crippen LogP) is 3.10. The molecule has 2 N–H and O–H groups in total. The van der Waals surface area contributed by atoms with Gasteiger partial charge in [-0.2, -0.15) is 0 Å². The average molecular weight is 409 g/mol. The number of ether oxygens (including phenoxy) is 3. The molecule has 0 heterocycles. The van der Waals surface area contributed by atoms with Gasteiger partial charge >= 0.3 is 18.0 Å². The summed E-state index contributed by atoms with van der Waals surface area (Å²) >= 11 is 0. The van der Waals surface area contributed by atoms with Crippen molar-refractivity contribution in [2.45, 2.75) is 65.0 Å². The van der Waals surface area contributed by atoms with E-state index in [2.05, 4.69) is 5.32 Å². The number of phenolic OH excluding ortho intramolecular Hbond substituents is 1. The highest BCUT2D eigenvalue weighted by molar-refractivity contribution is 6.07. The van der Waals surface area contributed by atoms with Crippen LogP contribution in [0.25, 0.3) is 0 Å². The third-order valence-corrected chi connectivity index (χ3v) is 3.92. The first-order valence-electron chi connectivity index (χ1n) is 9.67. The molecule has 0 fully saturated rings. The Labute approximate surface area is 171 Å². The van der Waals surface area contributed by atoms with Gasteiger partial charge in [-0.3, -0.25) is 5.32 Å². The highest BCUT2D eigenvalue weighted by Crippen LogP contribution is 2.22. The molecule has 1 amide bonds. The minimum Gasteiger partial charge on any atom is -0.508 e. The molecule has 0 bridgehead atoms. The summed E-state index contributed by atoms with van der Waals surface area (Å²) in [7, 11) is 0. The molecule has 0 spiro atoms. The minimum absolute atomic E-state index is 0.0357. The molecule has 0 saturated heterocycles. The van der Waals surface area contributed by atoms with Gasteiger partial charge < -0.3 is 19.3 Å². The molecule has 0 aliphatic rings. The lowest BCUT2D eigenvalue weighted by atomic mass is 9.91. The largest absolute Gasteiger partial charge is 0.508 e. The molecule has 0 aromatic heterocycles. The van der Waals surface area contributed by atoms with Gasteiger partial charge in [0.25, 0.3) is 0 Å². The number of carbonyl (C=O) groups is 3. The van der Waals surface area contributed by atoms with E-state index < -0.39 is 29.2 Å². The zero-order chi connectivity index (χ0) is 22.1. The quantitative estimate of drug-likeness (QED) is 0.366. The number of aromatic hydroxyl groups is 1. The van der Waals surface area contributed by atoms with Gasteiger partial charge in [-0.25, -0.2) is 14.4 Å². The van der Waals surface area contributed by atoms with Crippen LogP contribution in [0.4, 0.5) is 4.79 Å². The van der Waals surface area contributed by atoms with E-state index in [4.69, 9.17) is 14.2 Å². The molecular formula is C21H31NO7. The minimum atomic E-state index is -2.01. The number of hydrogen-bond donors (Lipinski definition) is 2. The Kier molecular flexibility index (Phi) is 8.94. The maximum atomic E-state index is 12.7. The monoisotopic (exact) mass is 409 g/mol. The van der Waals surface area contributed by atoms with Crippen LogP contribution in [0.3, 0.4) is 0 Å². The van der Waals surface area contributed by atoms with Gasteiger partial charge in [-0.05, 0) is 71.6 Å². The summed E-state index contributed by atoms with van der Waals surface area (Å²) in [6.07, 6.45) is -0.0666. The third-order valence-electron chi connectivity index (χ3n) is 3.92. The summed E-state index contributed by atoms with van der Waals surface area (Å²) in [4.78, 5) is 37.9. The molecule has 0 unspecified atom stereocenters. The summed E-state index contributed by atoms with van der Waals surface area (Å²) < 4.78 is 15.4. The number of rotatable bonds is 9. The number of amides is 1. The Balaban J connectivity index is 3.09. The summed E-state index contributed by atoms with van der Waals surface area (Å²) in [5, 5.41) is 11.8. The molecule has 1 aromatic carbocycles. The van der Waals surface area contributed by atoms with Gasteiger partial charge in [0.05, 0.1) is 13.2 Å². The zero-order valence-electron chi connectivity index (χ0n) is 17.7. The third kappa shape index (κ3) is 7.63. The van der Waals surface area contributed by atoms with E-state index in [-0.39, 0.29) is 25.4 Å². The van der Waals surface area contributed by atoms with E-state index in [1.54, 1.807) is 58.9 Å². The normalized spacial score (nSPS) is 11.5. The van der Waals surface area contributed by atoms with E-state index in [0.717, 1.165) is 5.56 Å². The first-order chi connectivity index (χ1) is 13.5. The molecule has 0 atom stereocenters. The lowest BCUT2D eigenvalue weighted by molar-refractivity contribution is -0.166. The molecule has 0 aliphatic heterocycles. The van der Waals surface area contributed by atoms with Crippen molar-refractivity contribution in [3.63, 3.8) is 0 Å². The highest BCUT2D eigenvalue weighted by atomic mass is 16.6. The van der Waals surface area contributed by atoms with Crippen molar-refractivity contribution in [2.24, 2.45) is 0 Å². The highest BCUT2D eigenvalue weighted by Gasteiger charge is 2.50. The molecule has 0 aliphatic carbocycles. The van der Waals surface area contributed by atoms with Crippen LogP contribution in [-0.2, 0) is 30.2 Å². The van der Waals surface area contributed by atoms with Crippen LogP contribution in [0.1, 0.15) is 53.0 Å². The molecule has 1 aromatic rings. The lowest BCUT2D eigenvalue weighted by Crippen LogP contribution is -2.62. The summed E-state index contributed by atoms with van der Waals surface area (Å²) in [5.41, 5.74) is -1.92. The van der Waals surface area contributed by atoms with Gasteiger partial charge in [-0.15, -0.1) is 0 Å². The van der Waals surface area contributed by atoms with Crippen LogP contribution in [0.15, 0.2) is 24.3 Å². The maximum absolute atomic E-state index is 12.7. The Hall–Kier alpha value is -2.77. The van der Waals surface area contributed by atoms with Crippen molar-refractivity contribution in [2.75, 3.05) is 13.2 Å². The zero-order valence-corrected chi connectivity index (χ0v) is 17.7. The fraction of sp³-hybridized carbons (Fsp3) is 0.571. The van der Waals surface area contributed by atoms with E-state index in [9.17, 15) is 19.5 Å². The van der Waals surface area contributed by atoms with Gasteiger partial charge in [0.15, 0.2) is 0 Å². The van der Waals surface area contributed by atoms with Gasteiger partial charge in [0.1, 0.15) is 11.4 Å². The second kappa shape index (κ2) is 10.7. The Bertz CT molecular complexity index is 674. The van der Waals surface area contributed by atoms with Crippen LogP contribution in [0.5, 0.6) is 5.75 Å². The number of alkyl carbamates (subject to hydrolysis) is 1. The van der Waals surface area contributed by atoms with Crippen molar-refractivity contribution in [1.82, 2.24) is 5.32 Å². The number of esters is 2. The number of benzene rings is 1. The van der Waals surface area contributed by atoms with Gasteiger partial charge in [-0.1, -0.05) is 12.1 Å². The van der Waals surface area contributed by atoms with Gasteiger partial charge in [0, 0.05) is 0 Å². The number of hydrogen-bond acceptors (Lipinski definition) is 7. The molecule has 8 nitrogen and oxygen atoms in total. The fourth-order valence-corrected chi connectivity index (χ4v) is 2.66. The second-order valence-corrected chi connectivity index (χ2v) is 7.49. The first-order valence-corrected chi connectivity index (χ1v) is 9.67. The van der Waals surface area contributed by atoms with Crippen molar-refractivity contribution < 1.29 is 33.7 Å². The second-order valence-electron chi connectivity index (χ2n) is 7.49. The van der Waals surface area contributed by atoms with Crippen LogP contribution in [0, 0.1) is 0 Å². The molecule has 0 radical (unpaired) electrons. The topological polar surface area (TPSA) is 111 Å². The van der Waals surface area contributed by atoms with Crippen LogP contribution in [-0.4, -0.2) is 47.5 Å². The van der Waals surface area contributed by atoms with E-state index in [1.807, 2.05) is 0 Å². The molecule has 162 valence electrons. The number of phenols is 1. The first kappa shape index (κ1) is 24.3. The SMILES string of the molecule is CCOC(=O)C(CCCc1ccc(O)cc1)(NC(=O)OC(C)(C)C)C(=O)OCC. The molecule has 0 saturated carbocycles. The van der Waals surface area contributed by atoms with E-state index in [1.165, 1.54) is 0 Å². The Morgan fingerprint density at radius 1 is 0.966 bits per heavy atom. The standard InChI is InChI=1S/C21H31NO7/c1-6-27-17(24)21(18(25)28-7-2,22-19(26)29-20(3,4)5)14-8-9-15-10-12-16(23)13-11-15/h10-13,23H,6-9,14H2,1-5H3,(H,22,26). The number of carbonyl (C=O) groups excluding carboxylic acids is 3. The molecular weight excluding hydrogens is 378 g/mol. The predicted molar refractivity (Wildman–Crippen MR) is 106 cm³/mol. The van der Waals surface area contributed by atoms with Crippen molar-refractivity contribution in [3.8, 4) is 5.75 Å². The van der Waals surface area contributed by atoms with Crippen LogP contribution in [0.2, 0.25) is 0 Å². The summed E-state index contributed by atoms with van der Waals surface area (Å²) in [6.45, 7) is 8.31. The molecule has 8 heteroatoms. The van der Waals surface area contributed by atoms with E-state index in [0.29, 0.717) is 12.8 Å². The van der Waals surface area contributed by atoms with Crippen LogP contribution >= 0.6 is 0 Å². The van der Waals surface area contributed by atoms with Crippen molar-refractivity contribution in [3.05, 3.63) is 29.8 Å². The van der Waals surface area contributed by atoms with Crippen molar-refractivity contribution >= 4 is 18.0 Å². The van der Waals surface area contributed by atoms with Crippen molar-refractivity contribution in [1.29, 1.82) is 0 Å². The fourth-order valence-electron chi connectivity index (χ4n) is 2.66. The van der Waals surface area contributed by atoms with Gasteiger partial charge in [0.2, 0.25) is 5.54 Å². The van der Waals surface area contributed by atoms with E-state index >= 15 is 0 Å².